The third-order valence-electron chi connectivity index (χ3n) is 2.99. The van der Waals surface area contributed by atoms with Gasteiger partial charge in [-0.05, 0) is 30.0 Å². The molecule has 0 amide bonds. The van der Waals surface area contributed by atoms with E-state index in [4.69, 9.17) is 14.6 Å². The first kappa shape index (κ1) is 15.0. The standard InChI is InChI=1S/C14H22O4/c1-11(14(16)9-15)7-8-18-10-12-3-5-13(17-2)6-4-12/h3-6,11,14-16H,7-10H2,1-2H3/t11-,14+/m0/s1. The Kier molecular flexibility index (Phi) is 6.72. The van der Waals surface area contributed by atoms with Gasteiger partial charge in [-0.3, -0.25) is 0 Å². The Hall–Kier alpha value is -1.10. The Morgan fingerprint density at radius 1 is 1.22 bits per heavy atom. The van der Waals surface area contributed by atoms with Gasteiger partial charge >= 0.3 is 0 Å². The Bertz CT molecular complexity index is 323. The number of methoxy groups -OCH3 is 1. The molecule has 0 aliphatic heterocycles. The molecule has 0 saturated carbocycles. The fourth-order valence-corrected chi connectivity index (χ4v) is 1.55. The highest BCUT2D eigenvalue weighted by atomic mass is 16.5. The molecule has 0 unspecified atom stereocenters. The van der Waals surface area contributed by atoms with E-state index in [1.54, 1.807) is 7.11 Å². The molecule has 0 saturated heterocycles. The molecule has 0 radical (unpaired) electrons. The normalized spacial score (nSPS) is 14.2. The predicted octanol–water partition coefficient (Wildman–Crippen LogP) is 1.59. The highest BCUT2D eigenvalue weighted by molar-refractivity contribution is 5.26. The van der Waals surface area contributed by atoms with Gasteiger partial charge in [0, 0.05) is 6.61 Å². The summed E-state index contributed by atoms with van der Waals surface area (Å²) in [6.07, 6.45) is 0.0762. The molecule has 0 fully saturated rings. The Labute approximate surface area is 108 Å². The first-order valence-corrected chi connectivity index (χ1v) is 6.17. The van der Waals surface area contributed by atoms with Gasteiger partial charge in [-0.15, -0.1) is 0 Å². The molecule has 0 spiro atoms. The van der Waals surface area contributed by atoms with Gasteiger partial charge in [-0.25, -0.2) is 0 Å². The van der Waals surface area contributed by atoms with E-state index in [1.165, 1.54) is 0 Å². The van der Waals surface area contributed by atoms with Crippen molar-refractivity contribution < 1.29 is 19.7 Å². The van der Waals surface area contributed by atoms with Crippen molar-refractivity contribution in [3.05, 3.63) is 29.8 Å². The van der Waals surface area contributed by atoms with Crippen LogP contribution in [0.15, 0.2) is 24.3 Å². The molecule has 0 bridgehead atoms. The minimum Gasteiger partial charge on any atom is -0.497 e. The van der Waals surface area contributed by atoms with Crippen LogP contribution >= 0.6 is 0 Å². The number of rotatable bonds is 8. The fourth-order valence-electron chi connectivity index (χ4n) is 1.55. The zero-order chi connectivity index (χ0) is 13.4. The van der Waals surface area contributed by atoms with Crippen LogP contribution in [0.1, 0.15) is 18.9 Å². The molecule has 4 nitrogen and oxygen atoms in total. The molecule has 2 N–H and O–H groups in total. The monoisotopic (exact) mass is 254 g/mol. The van der Waals surface area contributed by atoms with Crippen molar-refractivity contribution in [3.63, 3.8) is 0 Å². The molecule has 1 aromatic rings. The van der Waals surface area contributed by atoms with Gasteiger partial charge in [0.15, 0.2) is 0 Å². The summed E-state index contributed by atoms with van der Waals surface area (Å²) in [5.41, 5.74) is 1.09. The van der Waals surface area contributed by atoms with Crippen molar-refractivity contribution in [1.82, 2.24) is 0 Å². The van der Waals surface area contributed by atoms with Crippen LogP contribution in [-0.4, -0.2) is 36.6 Å². The summed E-state index contributed by atoms with van der Waals surface area (Å²) in [5.74, 6) is 0.879. The smallest absolute Gasteiger partial charge is 0.118 e. The van der Waals surface area contributed by atoms with E-state index in [-0.39, 0.29) is 12.5 Å². The molecule has 0 aromatic heterocycles. The van der Waals surface area contributed by atoms with E-state index >= 15 is 0 Å². The lowest BCUT2D eigenvalue weighted by atomic mass is 10.0. The van der Waals surface area contributed by atoms with E-state index in [2.05, 4.69) is 0 Å². The average molecular weight is 254 g/mol. The van der Waals surface area contributed by atoms with E-state index in [0.29, 0.717) is 13.2 Å². The summed E-state index contributed by atoms with van der Waals surface area (Å²) in [6, 6.07) is 7.73. The second kappa shape index (κ2) is 8.08. The number of ether oxygens (including phenoxy) is 2. The first-order valence-electron chi connectivity index (χ1n) is 6.17. The van der Waals surface area contributed by atoms with Gasteiger partial charge in [0.1, 0.15) is 5.75 Å². The van der Waals surface area contributed by atoms with Gasteiger partial charge in [0.2, 0.25) is 0 Å². The van der Waals surface area contributed by atoms with Crippen molar-refractivity contribution in [2.75, 3.05) is 20.3 Å². The van der Waals surface area contributed by atoms with Crippen LogP contribution in [-0.2, 0) is 11.3 Å². The number of aliphatic hydroxyl groups excluding tert-OH is 2. The predicted molar refractivity (Wildman–Crippen MR) is 69.5 cm³/mol. The molecule has 0 heterocycles. The lowest BCUT2D eigenvalue weighted by Crippen LogP contribution is -2.22. The van der Waals surface area contributed by atoms with Gasteiger partial charge in [0.05, 0.1) is 26.4 Å². The van der Waals surface area contributed by atoms with Crippen LogP contribution in [0, 0.1) is 5.92 Å². The molecule has 1 rings (SSSR count). The fraction of sp³-hybridized carbons (Fsp3) is 0.571. The maximum absolute atomic E-state index is 9.38. The Morgan fingerprint density at radius 3 is 2.44 bits per heavy atom. The van der Waals surface area contributed by atoms with E-state index in [1.807, 2.05) is 31.2 Å². The number of hydrogen-bond acceptors (Lipinski definition) is 4. The highest BCUT2D eigenvalue weighted by Crippen LogP contribution is 2.13. The van der Waals surface area contributed by atoms with Crippen LogP contribution < -0.4 is 4.74 Å². The van der Waals surface area contributed by atoms with Crippen molar-refractivity contribution in [2.24, 2.45) is 5.92 Å². The molecule has 1 aromatic carbocycles. The van der Waals surface area contributed by atoms with Crippen molar-refractivity contribution in [3.8, 4) is 5.75 Å². The molecule has 0 aliphatic rings. The third kappa shape index (κ3) is 5.04. The molecule has 18 heavy (non-hydrogen) atoms. The van der Waals surface area contributed by atoms with Crippen molar-refractivity contribution in [2.45, 2.75) is 26.1 Å². The molecule has 102 valence electrons. The third-order valence-corrected chi connectivity index (χ3v) is 2.99. The Balaban J connectivity index is 2.21. The first-order chi connectivity index (χ1) is 8.67. The highest BCUT2D eigenvalue weighted by Gasteiger charge is 2.12. The summed E-state index contributed by atoms with van der Waals surface area (Å²) >= 11 is 0. The molecular formula is C14H22O4. The summed E-state index contributed by atoms with van der Waals surface area (Å²) in [5, 5.41) is 18.2. The van der Waals surface area contributed by atoms with Gasteiger partial charge in [0.25, 0.3) is 0 Å². The molecule has 2 atom stereocenters. The number of aliphatic hydroxyl groups is 2. The van der Waals surface area contributed by atoms with Crippen molar-refractivity contribution >= 4 is 0 Å². The summed E-state index contributed by atoms with van der Waals surface area (Å²) in [6.45, 7) is 2.83. The molecular weight excluding hydrogens is 232 g/mol. The summed E-state index contributed by atoms with van der Waals surface area (Å²) in [7, 11) is 1.64. The van der Waals surface area contributed by atoms with Crippen LogP contribution in [0.4, 0.5) is 0 Å². The quantitative estimate of drug-likeness (QED) is 0.692. The average Bonchev–Trinajstić information content (AvgIpc) is 2.43. The van der Waals surface area contributed by atoms with Crippen LogP contribution in [0.5, 0.6) is 5.75 Å². The van der Waals surface area contributed by atoms with Gasteiger partial charge in [-0.2, -0.15) is 0 Å². The van der Waals surface area contributed by atoms with E-state index < -0.39 is 6.10 Å². The van der Waals surface area contributed by atoms with E-state index in [0.717, 1.165) is 17.7 Å². The van der Waals surface area contributed by atoms with Gasteiger partial charge < -0.3 is 19.7 Å². The maximum Gasteiger partial charge on any atom is 0.118 e. The second-order valence-electron chi connectivity index (χ2n) is 4.42. The zero-order valence-corrected chi connectivity index (χ0v) is 11.0. The maximum atomic E-state index is 9.38. The zero-order valence-electron chi connectivity index (χ0n) is 11.0. The lowest BCUT2D eigenvalue weighted by molar-refractivity contribution is 0.0314. The minimum atomic E-state index is -0.658. The number of hydrogen-bond donors (Lipinski definition) is 2. The SMILES string of the molecule is COc1ccc(COCC[C@H](C)[C@H](O)CO)cc1. The van der Waals surface area contributed by atoms with Gasteiger partial charge in [-0.1, -0.05) is 19.1 Å². The molecule has 0 aliphatic carbocycles. The number of benzene rings is 1. The Morgan fingerprint density at radius 2 is 1.89 bits per heavy atom. The summed E-state index contributed by atoms with van der Waals surface area (Å²) < 4.78 is 10.6. The van der Waals surface area contributed by atoms with Crippen LogP contribution in [0.2, 0.25) is 0 Å². The minimum absolute atomic E-state index is 0.0471. The summed E-state index contributed by atoms with van der Waals surface area (Å²) in [4.78, 5) is 0. The molecule has 4 heteroatoms. The largest absolute Gasteiger partial charge is 0.497 e. The van der Waals surface area contributed by atoms with Crippen molar-refractivity contribution in [1.29, 1.82) is 0 Å². The van der Waals surface area contributed by atoms with Crippen LogP contribution in [0.3, 0.4) is 0 Å². The van der Waals surface area contributed by atoms with E-state index in [9.17, 15) is 5.11 Å². The lowest BCUT2D eigenvalue weighted by Gasteiger charge is -2.16. The second-order valence-corrected chi connectivity index (χ2v) is 4.42. The topological polar surface area (TPSA) is 58.9 Å². The van der Waals surface area contributed by atoms with Crippen LogP contribution in [0.25, 0.3) is 0 Å².